The second-order valence-electron chi connectivity index (χ2n) is 4.20. The van der Waals surface area contributed by atoms with Crippen molar-refractivity contribution in [2.24, 2.45) is 0 Å². The number of ketones is 1. The molecule has 2 atom stereocenters. The molecule has 3 heteroatoms. The summed E-state index contributed by atoms with van der Waals surface area (Å²) in [6.07, 6.45) is -0.227. The van der Waals surface area contributed by atoms with Crippen LogP contribution in [0.3, 0.4) is 0 Å². The van der Waals surface area contributed by atoms with E-state index >= 15 is 0 Å². The van der Waals surface area contributed by atoms with Crippen molar-refractivity contribution < 1.29 is 9.53 Å². The van der Waals surface area contributed by atoms with E-state index in [1.807, 2.05) is 60.7 Å². The first-order chi connectivity index (χ1) is 9.24. The molecule has 2 aromatic rings. The zero-order valence-corrected chi connectivity index (χ0v) is 12.8. The van der Waals surface area contributed by atoms with Gasteiger partial charge in [0, 0.05) is 12.7 Å². The Balaban J connectivity index is 2.22. The quantitative estimate of drug-likeness (QED) is 0.453. The number of benzene rings is 2. The Bertz CT molecular complexity index is 525. The fraction of sp³-hybridized carbons (Fsp3) is 0.188. The van der Waals surface area contributed by atoms with E-state index < -0.39 is 0 Å². The van der Waals surface area contributed by atoms with Crippen molar-refractivity contribution in [1.29, 1.82) is 0 Å². The van der Waals surface area contributed by atoms with Gasteiger partial charge in [-0.15, -0.1) is 0 Å². The minimum absolute atomic E-state index is 0.0944. The molecule has 2 aromatic carbocycles. The van der Waals surface area contributed by atoms with Crippen LogP contribution in [0.25, 0.3) is 0 Å². The van der Waals surface area contributed by atoms with Gasteiger partial charge in [0.05, 0.1) is 0 Å². The van der Waals surface area contributed by atoms with Gasteiger partial charge in [-0.1, -0.05) is 83.3 Å². The van der Waals surface area contributed by atoms with Crippen molar-refractivity contribution in [2.75, 3.05) is 7.11 Å². The van der Waals surface area contributed by atoms with Crippen LogP contribution in [-0.4, -0.2) is 16.8 Å². The van der Waals surface area contributed by atoms with Crippen LogP contribution in [0.5, 0.6) is 0 Å². The molecule has 0 unspecified atom stereocenters. The Morgan fingerprint density at radius 1 is 1.00 bits per heavy atom. The van der Waals surface area contributed by atoms with Gasteiger partial charge < -0.3 is 4.74 Å². The number of rotatable bonds is 5. The minimum atomic E-state index is -0.243. The van der Waals surface area contributed by atoms with Gasteiger partial charge in [0.25, 0.3) is 0 Å². The van der Waals surface area contributed by atoms with E-state index in [0.717, 1.165) is 11.1 Å². The van der Waals surface area contributed by atoms with Crippen molar-refractivity contribution in [3.63, 3.8) is 0 Å². The van der Waals surface area contributed by atoms with E-state index in [4.69, 9.17) is 4.74 Å². The van der Waals surface area contributed by atoms with E-state index in [2.05, 4.69) is 22.6 Å². The Morgan fingerprint density at radius 2 is 1.53 bits per heavy atom. The van der Waals surface area contributed by atoms with Gasteiger partial charge in [-0.3, -0.25) is 4.79 Å². The number of carbonyl (C=O) groups excluding carboxylic acids is 1. The first-order valence-electron chi connectivity index (χ1n) is 6.05. The lowest BCUT2D eigenvalue weighted by molar-refractivity contribution is 0.0783. The highest BCUT2D eigenvalue weighted by Crippen LogP contribution is 2.28. The molecule has 0 heterocycles. The lowest BCUT2D eigenvalue weighted by Gasteiger charge is -2.20. The number of ether oxygens (including phenoxy) is 1. The molecule has 0 N–H and O–H groups in total. The van der Waals surface area contributed by atoms with Crippen molar-refractivity contribution >= 4 is 28.4 Å². The predicted octanol–water partition coefficient (Wildman–Crippen LogP) is 4.06. The minimum Gasteiger partial charge on any atom is -0.375 e. The van der Waals surface area contributed by atoms with Crippen LogP contribution in [0.1, 0.15) is 22.0 Å². The maximum Gasteiger partial charge on any atom is 0.178 e. The molecule has 0 saturated heterocycles. The molecule has 0 radical (unpaired) electrons. The molecule has 2 nitrogen and oxygen atoms in total. The van der Waals surface area contributed by atoms with Crippen LogP contribution in [0, 0.1) is 0 Å². The number of hydrogen-bond donors (Lipinski definition) is 0. The summed E-state index contributed by atoms with van der Waals surface area (Å²) in [5.74, 6) is 0.0944. The van der Waals surface area contributed by atoms with Gasteiger partial charge in [0.1, 0.15) is 10.0 Å². The van der Waals surface area contributed by atoms with E-state index in [9.17, 15) is 4.79 Å². The first kappa shape index (κ1) is 14.2. The van der Waals surface area contributed by atoms with Crippen molar-refractivity contribution in [1.82, 2.24) is 0 Å². The second-order valence-corrected chi connectivity index (χ2v) is 5.54. The molecular weight excluding hydrogens is 351 g/mol. The molecule has 19 heavy (non-hydrogen) atoms. The van der Waals surface area contributed by atoms with Gasteiger partial charge >= 0.3 is 0 Å². The van der Waals surface area contributed by atoms with Crippen LogP contribution in [0.15, 0.2) is 60.7 Å². The topological polar surface area (TPSA) is 26.3 Å². The fourth-order valence-corrected chi connectivity index (χ4v) is 3.03. The third kappa shape index (κ3) is 3.42. The number of halogens is 1. The molecule has 0 saturated carbocycles. The van der Waals surface area contributed by atoms with Crippen LogP contribution in [0.4, 0.5) is 0 Å². The van der Waals surface area contributed by atoms with Gasteiger partial charge in [-0.25, -0.2) is 0 Å². The highest BCUT2D eigenvalue weighted by atomic mass is 127. The number of alkyl halides is 1. The monoisotopic (exact) mass is 366 g/mol. The van der Waals surface area contributed by atoms with Gasteiger partial charge in [0.2, 0.25) is 0 Å². The van der Waals surface area contributed by atoms with Crippen LogP contribution >= 0.6 is 22.6 Å². The maximum absolute atomic E-state index is 12.4. The molecule has 0 aliphatic carbocycles. The Hall–Kier alpha value is -1.20. The molecule has 0 spiro atoms. The van der Waals surface area contributed by atoms with Crippen LogP contribution in [-0.2, 0) is 4.74 Å². The Morgan fingerprint density at radius 3 is 2.05 bits per heavy atom. The molecular formula is C16H15IO2. The van der Waals surface area contributed by atoms with Gasteiger partial charge in [-0.05, 0) is 5.56 Å². The lowest BCUT2D eigenvalue weighted by atomic mass is 10.00. The number of Topliss-reactive ketones (excluding diaryl/α,β-unsaturated/α-hetero) is 1. The smallest absolute Gasteiger partial charge is 0.178 e. The average Bonchev–Trinajstić information content (AvgIpc) is 2.49. The third-order valence-electron chi connectivity index (χ3n) is 2.96. The largest absolute Gasteiger partial charge is 0.375 e. The second kappa shape index (κ2) is 6.82. The summed E-state index contributed by atoms with van der Waals surface area (Å²) < 4.78 is 5.27. The Labute approximate surface area is 126 Å². The van der Waals surface area contributed by atoms with E-state index in [-0.39, 0.29) is 15.8 Å². The number of carbonyl (C=O) groups is 1. The number of methoxy groups -OCH3 is 1. The highest BCUT2D eigenvalue weighted by molar-refractivity contribution is 14.1. The molecule has 2 rings (SSSR count). The third-order valence-corrected chi connectivity index (χ3v) is 4.18. The van der Waals surface area contributed by atoms with E-state index in [0.29, 0.717) is 0 Å². The zero-order chi connectivity index (χ0) is 13.7. The van der Waals surface area contributed by atoms with Crippen molar-refractivity contribution in [3.8, 4) is 0 Å². The first-order valence-corrected chi connectivity index (χ1v) is 7.29. The molecule has 0 aromatic heterocycles. The predicted molar refractivity (Wildman–Crippen MR) is 84.8 cm³/mol. The lowest BCUT2D eigenvalue weighted by Crippen LogP contribution is -2.23. The van der Waals surface area contributed by atoms with Crippen molar-refractivity contribution in [3.05, 3.63) is 71.8 Å². The molecule has 0 bridgehead atoms. The summed E-state index contributed by atoms with van der Waals surface area (Å²) in [6, 6.07) is 19.2. The molecule has 0 fully saturated rings. The SMILES string of the molecule is CO[C@@H](c1ccccc1)[C@H](I)C(=O)c1ccccc1. The summed E-state index contributed by atoms with van der Waals surface area (Å²) >= 11 is 2.16. The van der Waals surface area contributed by atoms with Crippen molar-refractivity contribution in [2.45, 2.75) is 10.0 Å². The number of hydrogen-bond acceptors (Lipinski definition) is 2. The molecule has 98 valence electrons. The standard InChI is InChI=1S/C16H15IO2/c1-19-16(13-10-6-3-7-11-13)14(17)15(18)12-8-4-2-5-9-12/h2-11,14,16H,1H3/t14-,16+/m1/s1. The summed E-state index contributed by atoms with van der Waals surface area (Å²) in [5, 5.41) is 0. The summed E-state index contributed by atoms with van der Waals surface area (Å²) in [4.78, 5) is 12.4. The van der Waals surface area contributed by atoms with Crippen LogP contribution < -0.4 is 0 Å². The fourth-order valence-electron chi connectivity index (χ4n) is 1.97. The Kier molecular flexibility index (Phi) is 5.10. The zero-order valence-electron chi connectivity index (χ0n) is 10.6. The highest BCUT2D eigenvalue weighted by Gasteiger charge is 2.27. The average molecular weight is 366 g/mol. The molecule has 0 amide bonds. The van der Waals surface area contributed by atoms with Crippen LogP contribution in [0.2, 0.25) is 0 Å². The maximum atomic E-state index is 12.4. The summed E-state index contributed by atoms with van der Waals surface area (Å²) in [7, 11) is 1.64. The van der Waals surface area contributed by atoms with E-state index in [1.54, 1.807) is 7.11 Å². The molecule has 0 aliphatic heterocycles. The normalized spacial score (nSPS) is 13.8. The van der Waals surface area contributed by atoms with Gasteiger partial charge in [-0.2, -0.15) is 0 Å². The summed E-state index contributed by atoms with van der Waals surface area (Å²) in [5.41, 5.74) is 1.74. The molecule has 0 aliphatic rings. The van der Waals surface area contributed by atoms with E-state index in [1.165, 1.54) is 0 Å². The summed E-state index contributed by atoms with van der Waals surface area (Å²) in [6.45, 7) is 0. The van der Waals surface area contributed by atoms with Gasteiger partial charge in [0.15, 0.2) is 5.78 Å².